The van der Waals surface area contributed by atoms with E-state index in [1.54, 1.807) is 0 Å². The molecule has 0 saturated carbocycles. The van der Waals surface area contributed by atoms with Crippen LogP contribution in [0.1, 0.15) is 29.7 Å². The predicted molar refractivity (Wildman–Crippen MR) is 87.3 cm³/mol. The van der Waals surface area contributed by atoms with Crippen LogP contribution in [0.25, 0.3) is 0 Å². The molecule has 2 N–H and O–H groups in total. The van der Waals surface area contributed by atoms with Gasteiger partial charge in [-0.05, 0) is 60.2 Å². The Bertz CT molecular complexity index is 549. The summed E-state index contributed by atoms with van der Waals surface area (Å²) < 4.78 is 7.13. The van der Waals surface area contributed by atoms with E-state index in [2.05, 4.69) is 65.9 Å². The van der Waals surface area contributed by atoms with E-state index in [4.69, 9.17) is 10.5 Å². The molecule has 0 amide bonds. The number of rotatable bonds is 4. The van der Waals surface area contributed by atoms with Gasteiger partial charge in [0.05, 0.1) is 0 Å². The van der Waals surface area contributed by atoms with Gasteiger partial charge < -0.3 is 10.5 Å². The molecular formula is C16H18INO. The second kappa shape index (κ2) is 6.39. The quantitative estimate of drug-likeness (QED) is 0.823. The first-order chi connectivity index (χ1) is 9.06. The fourth-order valence-corrected chi connectivity index (χ4v) is 2.26. The van der Waals surface area contributed by atoms with Gasteiger partial charge in [-0.15, -0.1) is 0 Å². The third-order valence-corrected chi connectivity index (χ3v) is 3.68. The van der Waals surface area contributed by atoms with E-state index in [1.165, 1.54) is 9.13 Å². The molecule has 0 fully saturated rings. The Morgan fingerprint density at radius 1 is 1.16 bits per heavy atom. The van der Waals surface area contributed by atoms with Gasteiger partial charge in [0.1, 0.15) is 12.4 Å². The van der Waals surface area contributed by atoms with Crippen molar-refractivity contribution in [2.45, 2.75) is 26.5 Å². The van der Waals surface area contributed by atoms with E-state index >= 15 is 0 Å². The molecule has 0 aliphatic heterocycles. The van der Waals surface area contributed by atoms with Crippen LogP contribution in [0.2, 0.25) is 0 Å². The van der Waals surface area contributed by atoms with Crippen LogP contribution in [0, 0.1) is 10.5 Å². The van der Waals surface area contributed by atoms with Gasteiger partial charge in [-0.1, -0.05) is 29.8 Å². The minimum Gasteiger partial charge on any atom is -0.489 e. The Kier molecular flexibility index (Phi) is 4.82. The summed E-state index contributed by atoms with van der Waals surface area (Å²) in [6.45, 7) is 4.61. The lowest BCUT2D eigenvalue weighted by atomic mass is 10.1. The highest BCUT2D eigenvalue weighted by molar-refractivity contribution is 14.1. The van der Waals surface area contributed by atoms with Gasteiger partial charge in [-0.25, -0.2) is 0 Å². The molecule has 1 unspecified atom stereocenters. The van der Waals surface area contributed by atoms with Gasteiger partial charge in [-0.2, -0.15) is 0 Å². The normalized spacial score (nSPS) is 12.2. The van der Waals surface area contributed by atoms with Gasteiger partial charge >= 0.3 is 0 Å². The average Bonchev–Trinajstić information content (AvgIpc) is 2.39. The Balaban J connectivity index is 2.13. The monoisotopic (exact) mass is 367 g/mol. The van der Waals surface area contributed by atoms with Gasteiger partial charge in [-0.3, -0.25) is 0 Å². The number of halogens is 1. The van der Waals surface area contributed by atoms with E-state index < -0.39 is 0 Å². The van der Waals surface area contributed by atoms with E-state index in [-0.39, 0.29) is 6.04 Å². The molecule has 100 valence electrons. The lowest BCUT2D eigenvalue weighted by Crippen LogP contribution is -2.08. The highest BCUT2D eigenvalue weighted by Gasteiger charge is 2.08. The number of hydrogen-bond donors (Lipinski definition) is 1. The zero-order valence-corrected chi connectivity index (χ0v) is 13.3. The third kappa shape index (κ3) is 3.94. The first-order valence-electron chi connectivity index (χ1n) is 6.29. The minimum atomic E-state index is -0.0216. The molecule has 0 aliphatic rings. The van der Waals surface area contributed by atoms with Crippen LogP contribution in [0.3, 0.4) is 0 Å². The van der Waals surface area contributed by atoms with Crippen LogP contribution in [-0.4, -0.2) is 0 Å². The molecule has 0 spiro atoms. The summed E-state index contributed by atoms with van der Waals surface area (Å²) in [6, 6.07) is 14.5. The third-order valence-electron chi connectivity index (χ3n) is 2.96. The van der Waals surface area contributed by atoms with Gasteiger partial charge in [0.2, 0.25) is 0 Å². The van der Waals surface area contributed by atoms with Crippen molar-refractivity contribution in [2.75, 3.05) is 0 Å². The SMILES string of the molecule is Cc1ccc(OCc2ccc(I)cc2)c(C(C)N)c1. The largest absolute Gasteiger partial charge is 0.489 e. The zero-order valence-electron chi connectivity index (χ0n) is 11.2. The van der Waals surface area contributed by atoms with Crippen molar-refractivity contribution < 1.29 is 4.74 Å². The molecule has 0 saturated heterocycles. The van der Waals surface area contributed by atoms with Crippen molar-refractivity contribution in [3.8, 4) is 5.75 Å². The maximum absolute atomic E-state index is 5.99. The van der Waals surface area contributed by atoms with E-state index in [1.807, 2.05) is 13.0 Å². The second-order valence-corrected chi connectivity index (χ2v) is 5.99. The van der Waals surface area contributed by atoms with Crippen molar-refractivity contribution in [2.24, 2.45) is 5.73 Å². The number of ether oxygens (including phenoxy) is 1. The Labute approximate surface area is 128 Å². The summed E-state index contributed by atoms with van der Waals surface area (Å²) in [5.74, 6) is 0.874. The minimum absolute atomic E-state index is 0.0216. The molecule has 0 bridgehead atoms. The first-order valence-corrected chi connectivity index (χ1v) is 7.37. The maximum Gasteiger partial charge on any atom is 0.124 e. The van der Waals surface area contributed by atoms with Crippen molar-refractivity contribution in [1.82, 2.24) is 0 Å². The van der Waals surface area contributed by atoms with Crippen LogP contribution < -0.4 is 10.5 Å². The number of aryl methyl sites for hydroxylation is 1. The highest BCUT2D eigenvalue weighted by atomic mass is 127. The molecule has 2 rings (SSSR count). The molecule has 2 aromatic rings. The van der Waals surface area contributed by atoms with Gasteiger partial charge in [0.15, 0.2) is 0 Å². The molecule has 0 aliphatic carbocycles. The average molecular weight is 367 g/mol. The summed E-state index contributed by atoms with van der Waals surface area (Å²) in [6.07, 6.45) is 0. The lowest BCUT2D eigenvalue weighted by molar-refractivity contribution is 0.301. The Morgan fingerprint density at radius 3 is 2.47 bits per heavy atom. The molecule has 2 aromatic carbocycles. The van der Waals surface area contributed by atoms with Crippen molar-refractivity contribution >= 4 is 22.6 Å². The van der Waals surface area contributed by atoms with Crippen LogP contribution in [-0.2, 0) is 6.61 Å². The topological polar surface area (TPSA) is 35.2 Å². The number of nitrogens with two attached hydrogens (primary N) is 1. The van der Waals surface area contributed by atoms with Crippen LogP contribution >= 0.6 is 22.6 Å². The summed E-state index contributed by atoms with van der Waals surface area (Å²) in [7, 11) is 0. The zero-order chi connectivity index (χ0) is 13.8. The molecule has 2 nitrogen and oxygen atoms in total. The van der Waals surface area contributed by atoms with E-state index in [0.717, 1.165) is 16.9 Å². The Morgan fingerprint density at radius 2 is 1.84 bits per heavy atom. The van der Waals surface area contributed by atoms with Crippen molar-refractivity contribution in [1.29, 1.82) is 0 Å². The van der Waals surface area contributed by atoms with E-state index in [0.29, 0.717) is 6.61 Å². The molecular weight excluding hydrogens is 349 g/mol. The van der Waals surface area contributed by atoms with Crippen LogP contribution in [0.4, 0.5) is 0 Å². The molecule has 0 radical (unpaired) electrons. The summed E-state index contributed by atoms with van der Waals surface area (Å²) in [5, 5.41) is 0. The molecule has 0 heterocycles. The number of hydrogen-bond acceptors (Lipinski definition) is 2. The molecule has 0 aromatic heterocycles. The fourth-order valence-electron chi connectivity index (χ4n) is 1.90. The summed E-state index contributed by atoms with van der Waals surface area (Å²) in [5.41, 5.74) is 9.42. The first kappa shape index (κ1) is 14.3. The Hall–Kier alpha value is -1.07. The highest BCUT2D eigenvalue weighted by Crippen LogP contribution is 2.25. The van der Waals surface area contributed by atoms with Crippen LogP contribution in [0.5, 0.6) is 5.75 Å². The van der Waals surface area contributed by atoms with Gasteiger partial charge in [0.25, 0.3) is 0 Å². The summed E-state index contributed by atoms with van der Waals surface area (Å²) >= 11 is 2.30. The van der Waals surface area contributed by atoms with Crippen molar-refractivity contribution in [3.63, 3.8) is 0 Å². The fraction of sp³-hybridized carbons (Fsp3) is 0.250. The standard InChI is InChI=1S/C16H18INO/c1-11-3-8-16(15(9-11)12(2)18)19-10-13-4-6-14(17)7-5-13/h3-9,12H,10,18H2,1-2H3. The second-order valence-electron chi connectivity index (χ2n) is 4.75. The van der Waals surface area contributed by atoms with E-state index in [9.17, 15) is 0 Å². The lowest BCUT2D eigenvalue weighted by Gasteiger charge is -2.15. The predicted octanol–water partition coefficient (Wildman–Crippen LogP) is 4.20. The molecule has 1 atom stereocenters. The number of benzene rings is 2. The summed E-state index contributed by atoms with van der Waals surface area (Å²) in [4.78, 5) is 0. The van der Waals surface area contributed by atoms with Crippen molar-refractivity contribution in [3.05, 3.63) is 62.7 Å². The maximum atomic E-state index is 5.99. The van der Waals surface area contributed by atoms with Gasteiger partial charge in [0, 0.05) is 15.2 Å². The molecule has 3 heteroatoms. The molecule has 19 heavy (non-hydrogen) atoms. The smallest absolute Gasteiger partial charge is 0.124 e. The van der Waals surface area contributed by atoms with Crippen LogP contribution in [0.15, 0.2) is 42.5 Å².